The molecular weight excluding hydrogens is 250 g/mol. The van der Waals surface area contributed by atoms with E-state index in [-0.39, 0.29) is 5.43 Å². The molecule has 4 heteroatoms. The summed E-state index contributed by atoms with van der Waals surface area (Å²) < 4.78 is 1.97. The molecule has 2 aromatic rings. The number of hydrogen-bond donors (Lipinski definition) is 1. The van der Waals surface area contributed by atoms with Crippen molar-refractivity contribution in [1.82, 2.24) is 15.1 Å². The van der Waals surface area contributed by atoms with E-state index in [4.69, 9.17) is 0 Å². The van der Waals surface area contributed by atoms with Gasteiger partial charge < -0.3 is 5.32 Å². The van der Waals surface area contributed by atoms with E-state index < -0.39 is 0 Å². The Balaban J connectivity index is 1.89. The van der Waals surface area contributed by atoms with Crippen molar-refractivity contribution in [3.63, 3.8) is 0 Å². The first-order valence-electron chi connectivity index (χ1n) is 7.48. The maximum atomic E-state index is 11.8. The third-order valence-corrected chi connectivity index (χ3v) is 3.98. The molecule has 1 aromatic carbocycles. The lowest BCUT2D eigenvalue weighted by molar-refractivity contribution is 0.393. The molecule has 106 valence electrons. The Morgan fingerprint density at radius 1 is 1.40 bits per heavy atom. The highest BCUT2D eigenvalue weighted by atomic mass is 16.1. The van der Waals surface area contributed by atoms with Crippen LogP contribution in [-0.2, 0) is 6.54 Å². The highest BCUT2D eigenvalue weighted by Gasteiger charge is 2.31. The molecule has 0 bridgehead atoms. The van der Waals surface area contributed by atoms with Crippen molar-refractivity contribution in [2.45, 2.75) is 38.8 Å². The molecule has 1 heterocycles. The van der Waals surface area contributed by atoms with Gasteiger partial charge in [-0.3, -0.25) is 9.48 Å². The number of nitrogens with zero attached hydrogens (tertiary/aromatic N) is 2. The van der Waals surface area contributed by atoms with Gasteiger partial charge in [0.25, 0.3) is 0 Å². The number of rotatable bonds is 6. The van der Waals surface area contributed by atoms with Gasteiger partial charge in [0.15, 0.2) is 0 Å². The Kier molecular flexibility index (Phi) is 3.83. The van der Waals surface area contributed by atoms with Gasteiger partial charge in [0.1, 0.15) is 0 Å². The summed E-state index contributed by atoms with van der Waals surface area (Å²) >= 11 is 0. The van der Waals surface area contributed by atoms with Gasteiger partial charge in [-0.25, -0.2) is 0 Å². The molecule has 0 radical (unpaired) electrons. The van der Waals surface area contributed by atoms with Crippen LogP contribution in [0, 0.1) is 5.92 Å². The van der Waals surface area contributed by atoms with Gasteiger partial charge in [-0.1, -0.05) is 19.1 Å². The monoisotopic (exact) mass is 271 g/mol. The largest absolute Gasteiger partial charge is 0.312 e. The van der Waals surface area contributed by atoms with Crippen LogP contribution in [0.3, 0.4) is 0 Å². The molecule has 3 rings (SSSR count). The average molecular weight is 271 g/mol. The molecule has 0 spiro atoms. The predicted octanol–water partition coefficient (Wildman–Crippen LogP) is 2.17. The second-order valence-corrected chi connectivity index (χ2v) is 5.61. The van der Waals surface area contributed by atoms with Crippen LogP contribution in [-0.4, -0.2) is 22.4 Å². The van der Waals surface area contributed by atoms with Crippen molar-refractivity contribution in [3.8, 4) is 0 Å². The average Bonchev–Trinajstić information content (AvgIpc) is 3.31. The summed E-state index contributed by atoms with van der Waals surface area (Å²) in [5.74, 6) is 0.765. The SMILES string of the molecule is CCCNC(Cn1ncc(=O)c2ccccc21)C1CC1. The van der Waals surface area contributed by atoms with E-state index in [1.165, 1.54) is 19.0 Å². The summed E-state index contributed by atoms with van der Waals surface area (Å²) in [6, 6.07) is 8.19. The fourth-order valence-corrected chi connectivity index (χ4v) is 2.70. The second kappa shape index (κ2) is 5.75. The number of para-hydroxylation sites is 1. The predicted molar refractivity (Wildman–Crippen MR) is 80.8 cm³/mol. The minimum Gasteiger partial charge on any atom is -0.312 e. The third-order valence-electron chi connectivity index (χ3n) is 3.98. The summed E-state index contributed by atoms with van der Waals surface area (Å²) in [6.07, 6.45) is 5.19. The van der Waals surface area contributed by atoms with Crippen LogP contribution in [0.1, 0.15) is 26.2 Å². The summed E-state index contributed by atoms with van der Waals surface area (Å²) in [4.78, 5) is 11.8. The van der Waals surface area contributed by atoms with E-state index in [2.05, 4.69) is 17.3 Å². The number of benzene rings is 1. The molecule has 1 atom stereocenters. The smallest absolute Gasteiger partial charge is 0.207 e. The number of hydrogen-bond acceptors (Lipinski definition) is 3. The molecule has 1 aromatic heterocycles. The van der Waals surface area contributed by atoms with Crippen LogP contribution in [0.5, 0.6) is 0 Å². The van der Waals surface area contributed by atoms with Crippen LogP contribution in [0.15, 0.2) is 35.3 Å². The van der Waals surface area contributed by atoms with E-state index in [1.807, 2.05) is 28.9 Å². The molecule has 1 aliphatic rings. The molecule has 4 nitrogen and oxygen atoms in total. The zero-order valence-corrected chi connectivity index (χ0v) is 11.9. The van der Waals surface area contributed by atoms with Gasteiger partial charge in [0.05, 0.1) is 18.3 Å². The van der Waals surface area contributed by atoms with Crippen molar-refractivity contribution in [2.75, 3.05) is 6.54 Å². The quantitative estimate of drug-likeness (QED) is 0.876. The topological polar surface area (TPSA) is 46.9 Å². The molecule has 0 aliphatic heterocycles. The molecule has 20 heavy (non-hydrogen) atoms. The minimum atomic E-state index is 0.00124. The molecular formula is C16H21N3O. The first-order chi connectivity index (χ1) is 9.79. The highest BCUT2D eigenvalue weighted by molar-refractivity contribution is 5.77. The Morgan fingerprint density at radius 2 is 2.20 bits per heavy atom. The summed E-state index contributed by atoms with van der Waals surface area (Å²) in [6.45, 7) is 4.06. The Hall–Kier alpha value is -1.68. The van der Waals surface area contributed by atoms with E-state index in [1.54, 1.807) is 0 Å². The normalized spacial score (nSPS) is 16.4. The Morgan fingerprint density at radius 3 is 2.95 bits per heavy atom. The van der Waals surface area contributed by atoms with Gasteiger partial charge in [-0.2, -0.15) is 5.10 Å². The molecule has 1 aliphatic carbocycles. The van der Waals surface area contributed by atoms with E-state index >= 15 is 0 Å². The Labute approximate surface area is 118 Å². The molecule has 1 saturated carbocycles. The lowest BCUT2D eigenvalue weighted by Crippen LogP contribution is -2.36. The zero-order valence-electron chi connectivity index (χ0n) is 11.9. The summed E-state index contributed by atoms with van der Waals surface area (Å²) in [5, 5.41) is 8.71. The van der Waals surface area contributed by atoms with Crippen molar-refractivity contribution in [1.29, 1.82) is 0 Å². The third kappa shape index (κ3) is 2.75. The van der Waals surface area contributed by atoms with Gasteiger partial charge in [0, 0.05) is 11.4 Å². The van der Waals surface area contributed by atoms with Crippen LogP contribution < -0.4 is 10.7 Å². The van der Waals surface area contributed by atoms with Crippen LogP contribution in [0.4, 0.5) is 0 Å². The number of nitrogens with one attached hydrogen (secondary N) is 1. The second-order valence-electron chi connectivity index (χ2n) is 5.61. The standard InChI is InChI=1S/C16H21N3O/c1-2-9-17-14(12-7-8-12)11-19-15-6-4-3-5-13(15)16(20)10-18-19/h3-6,10,12,14,17H,2,7-9,11H2,1H3. The number of aromatic nitrogens is 2. The first kappa shape index (κ1) is 13.3. The van der Waals surface area contributed by atoms with Crippen LogP contribution >= 0.6 is 0 Å². The van der Waals surface area contributed by atoms with Gasteiger partial charge >= 0.3 is 0 Å². The molecule has 0 amide bonds. The summed E-state index contributed by atoms with van der Waals surface area (Å²) in [5.41, 5.74) is 0.935. The maximum Gasteiger partial charge on any atom is 0.207 e. The highest BCUT2D eigenvalue weighted by Crippen LogP contribution is 2.33. The zero-order chi connectivity index (χ0) is 13.9. The van der Waals surface area contributed by atoms with Crippen molar-refractivity contribution < 1.29 is 0 Å². The molecule has 1 unspecified atom stereocenters. The van der Waals surface area contributed by atoms with Gasteiger partial charge in [0.2, 0.25) is 5.43 Å². The van der Waals surface area contributed by atoms with Gasteiger partial charge in [-0.05, 0) is 43.9 Å². The maximum absolute atomic E-state index is 11.8. The summed E-state index contributed by atoms with van der Waals surface area (Å²) in [7, 11) is 0. The van der Waals surface area contributed by atoms with Gasteiger partial charge in [-0.15, -0.1) is 0 Å². The van der Waals surface area contributed by atoms with Crippen molar-refractivity contribution in [2.24, 2.45) is 5.92 Å². The minimum absolute atomic E-state index is 0.00124. The van der Waals surface area contributed by atoms with E-state index in [0.717, 1.165) is 36.3 Å². The van der Waals surface area contributed by atoms with Crippen molar-refractivity contribution in [3.05, 3.63) is 40.7 Å². The molecule has 1 N–H and O–H groups in total. The molecule has 0 saturated heterocycles. The molecule has 1 fully saturated rings. The Bertz CT molecular complexity index is 645. The van der Waals surface area contributed by atoms with E-state index in [0.29, 0.717) is 6.04 Å². The van der Waals surface area contributed by atoms with E-state index in [9.17, 15) is 4.79 Å². The van der Waals surface area contributed by atoms with Crippen LogP contribution in [0.2, 0.25) is 0 Å². The fourth-order valence-electron chi connectivity index (χ4n) is 2.70. The van der Waals surface area contributed by atoms with Crippen LogP contribution in [0.25, 0.3) is 10.9 Å². The first-order valence-corrected chi connectivity index (χ1v) is 7.48. The number of fused-ring (bicyclic) bond motifs is 1. The lowest BCUT2D eigenvalue weighted by atomic mass is 10.1. The fraction of sp³-hybridized carbons (Fsp3) is 0.500. The van der Waals surface area contributed by atoms with Crippen molar-refractivity contribution >= 4 is 10.9 Å². The lowest BCUT2D eigenvalue weighted by Gasteiger charge is -2.20.